The maximum absolute atomic E-state index is 12.1. The number of aliphatic carboxylic acids is 1. The average Bonchev–Trinajstić information content (AvgIpc) is 2.39. The zero-order valence-electron chi connectivity index (χ0n) is 11.8. The topological polar surface area (TPSA) is 101 Å². The molecular weight excluding hydrogens is 262 g/mol. The molecule has 0 bridgehead atoms. The van der Waals surface area contributed by atoms with Gasteiger partial charge in [0.05, 0.1) is 0 Å². The van der Waals surface area contributed by atoms with E-state index in [1.54, 1.807) is 6.92 Å². The van der Waals surface area contributed by atoms with Gasteiger partial charge in [-0.2, -0.15) is 5.10 Å². The second kappa shape index (κ2) is 6.31. The van der Waals surface area contributed by atoms with E-state index in [2.05, 4.69) is 10.4 Å². The quantitative estimate of drug-likeness (QED) is 0.796. The molecule has 0 aliphatic rings. The number of rotatable bonds is 6. The number of carboxylic acid groups (broad SMARTS) is 1. The van der Waals surface area contributed by atoms with Crippen molar-refractivity contribution in [1.29, 1.82) is 0 Å². The number of aryl methyl sites for hydroxylation is 1. The molecule has 2 N–H and O–H groups in total. The molecule has 1 amide bonds. The molecule has 1 atom stereocenters. The van der Waals surface area contributed by atoms with E-state index in [9.17, 15) is 19.5 Å². The minimum atomic E-state index is -1.35. The first-order valence-electron chi connectivity index (χ1n) is 6.48. The van der Waals surface area contributed by atoms with Crippen LogP contribution in [-0.4, -0.2) is 32.3 Å². The second-order valence-corrected chi connectivity index (χ2v) is 4.71. The molecule has 1 heterocycles. The summed E-state index contributed by atoms with van der Waals surface area (Å²) < 4.78 is 1.15. The normalized spacial score (nSPS) is 13.6. The van der Waals surface area contributed by atoms with E-state index in [0.717, 1.165) is 4.68 Å². The number of aromatic nitrogens is 2. The Morgan fingerprint density at radius 1 is 1.40 bits per heavy atom. The first-order chi connectivity index (χ1) is 9.34. The number of hydrogen-bond donors (Lipinski definition) is 2. The van der Waals surface area contributed by atoms with Crippen molar-refractivity contribution in [1.82, 2.24) is 15.1 Å². The molecule has 0 fully saturated rings. The molecule has 7 nitrogen and oxygen atoms in total. The summed E-state index contributed by atoms with van der Waals surface area (Å²) in [5.74, 6) is -1.71. The predicted molar refractivity (Wildman–Crippen MR) is 72.6 cm³/mol. The number of carbonyl (C=O) groups is 2. The Balaban J connectivity index is 3.01. The van der Waals surface area contributed by atoms with Crippen molar-refractivity contribution in [2.24, 2.45) is 0 Å². The Morgan fingerprint density at radius 3 is 2.55 bits per heavy atom. The molecule has 0 spiro atoms. The van der Waals surface area contributed by atoms with Gasteiger partial charge in [0.2, 0.25) is 0 Å². The van der Waals surface area contributed by atoms with E-state index < -0.39 is 17.4 Å². The van der Waals surface area contributed by atoms with Crippen molar-refractivity contribution in [2.45, 2.75) is 45.7 Å². The molecule has 0 aliphatic heterocycles. The summed E-state index contributed by atoms with van der Waals surface area (Å²) in [6, 6.07) is 2.53. The van der Waals surface area contributed by atoms with Gasteiger partial charge in [-0.1, -0.05) is 13.3 Å². The highest BCUT2D eigenvalue weighted by Gasteiger charge is 2.34. The lowest BCUT2D eigenvalue weighted by atomic mass is 9.96. The molecule has 0 radical (unpaired) electrons. The summed E-state index contributed by atoms with van der Waals surface area (Å²) in [4.78, 5) is 34.7. The zero-order chi connectivity index (χ0) is 15.3. The summed E-state index contributed by atoms with van der Waals surface area (Å²) in [6.07, 6.45) is 0.923. The van der Waals surface area contributed by atoms with Gasteiger partial charge in [0, 0.05) is 12.6 Å². The van der Waals surface area contributed by atoms with Crippen LogP contribution in [0.2, 0.25) is 0 Å². The highest BCUT2D eigenvalue weighted by atomic mass is 16.4. The standard InChI is InChI=1S/C13H19N3O4/c1-4-8-13(3,12(19)20)14-11(18)9-6-7-10(17)16(5-2)15-9/h6-7H,4-5,8H2,1-3H3,(H,14,18)(H,19,20). The monoisotopic (exact) mass is 281 g/mol. The van der Waals surface area contributed by atoms with Crippen molar-refractivity contribution >= 4 is 11.9 Å². The van der Waals surface area contributed by atoms with Crippen LogP contribution in [0.4, 0.5) is 0 Å². The highest BCUT2D eigenvalue weighted by Crippen LogP contribution is 2.13. The molecule has 0 saturated carbocycles. The molecule has 0 aliphatic carbocycles. The van der Waals surface area contributed by atoms with E-state index >= 15 is 0 Å². The van der Waals surface area contributed by atoms with E-state index in [1.165, 1.54) is 19.1 Å². The Bertz CT molecular complexity index is 567. The summed E-state index contributed by atoms with van der Waals surface area (Å²) in [6.45, 7) is 5.36. The van der Waals surface area contributed by atoms with E-state index in [-0.39, 0.29) is 11.3 Å². The Labute approximate surface area is 116 Å². The van der Waals surface area contributed by atoms with Gasteiger partial charge in [-0.15, -0.1) is 0 Å². The van der Waals surface area contributed by atoms with Crippen LogP contribution in [0.1, 0.15) is 44.1 Å². The van der Waals surface area contributed by atoms with Gasteiger partial charge in [0.1, 0.15) is 11.2 Å². The van der Waals surface area contributed by atoms with Crippen molar-refractivity contribution in [3.05, 3.63) is 28.2 Å². The van der Waals surface area contributed by atoms with Crippen LogP contribution in [0.3, 0.4) is 0 Å². The Morgan fingerprint density at radius 2 is 2.05 bits per heavy atom. The lowest BCUT2D eigenvalue weighted by molar-refractivity contribution is -0.144. The molecule has 1 aromatic heterocycles. The van der Waals surface area contributed by atoms with Gasteiger partial charge in [-0.05, 0) is 26.3 Å². The van der Waals surface area contributed by atoms with Crippen LogP contribution in [0.15, 0.2) is 16.9 Å². The van der Waals surface area contributed by atoms with Crippen LogP contribution < -0.4 is 10.9 Å². The van der Waals surface area contributed by atoms with Gasteiger partial charge < -0.3 is 10.4 Å². The third-order valence-electron chi connectivity index (χ3n) is 3.01. The smallest absolute Gasteiger partial charge is 0.329 e. The minimum Gasteiger partial charge on any atom is -0.480 e. The lowest BCUT2D eigenvalue weighted by Crippen LogP contribution is -2.52. The molecule has 7 heteroatoms. The molecule has 1 rings (SSSR count). The number of amides is 1. The van der Waals surface area contributed by atoms with Crippen LogP contribution >= 0.6 is 0 Å². The molecule has 0 aromatic carbocycles. The molecule has 1 aromatic rings. The Hall–Kier alpha value is -2.18. The fourth-order valence-corrected chi connectivity index (χ4v) is 1.83. The van der Waals surface area contributed by atoms with Crippen molar-refractivity contribution in [2.75, 3.05) is 0 Å². The van der Waals surface area contributed by atoms with Crippen molar-refractivity contribution in [3.8, 4) is 0 Å². The molecular formula is C13H19N3O4. The lowest BCUT2D eigenvalue weighted by Gasteiger charge is -2.25. The van der Waals surface area contributed by atoms with Gasteiger partial charge in [0.15, 0.2) is 0 Å². The van der Waals surface area contributed by atoms with Crippen LogP contribution in [0.5, 0.6) is 0 Å². The maximum atomic E-state index is 12.1. The Kier molecular flexibility index (Phi) is 5.01. The number of nitrogens with one attached hydrogen (secondary N) is 1. The van der Waals surface area contributed by atoms with Crippen LogP contribution in [-0.2, 0) is 11.3 Å². The number of carboxylic acids is 1. The summed E-state index contributed by atoms with van der Waals surface area (Å²) in [5.41, 5.74) is -1.63. The van der Waals surface area contributed by atoms with Gasteiger partial charge >= 0.3 is 5.97 Å². The average molecular weight is 281 g/mol. The summed E-state index contributed by atoms with van der Waals surface area (Å²) >= 11 is 0. The molecule has 20 heavy (non-hydrogen) atoms. The summed E-state index contributed by atoms with van der Waals surface area (Å²) in [5, 5.41) is 15.6. The number of hydrogen-bond acceptors (Lipinski definition) is 4. The van der Waals surface area contributed by atoms with E-state index in [4.69, 9.17) is 0 Å². The largest absolute Gasteiger partial charge is 0.480 e. The third kappa shape index (κ3) is 3.43. The first kappa shape index (κ1) is 15.9. The zero-order valence-corrected chi connectivity index (χ0v) is 11.8. The maximum Gasteiger partial charge on any atom is 0.329 e. The third-order valence-corrected chi connectivity index (χ3v) is 3.01. The SMILES string of the molecule is CCCC(C)(NC(=O)c1ccc(=O)n(CC)n1)C(=O)O. The van der Waals surface area contributed by atoms with Crippen molar-refractivity contribution in [3.63, 3.8) is 0 Å². The molecule has 1 unspecified atom stereocenters. The fourth-order valence-electron chi connectivity index (χ4n) is 1.83. The fraction of sp³-hybridized carbons (Fsp3) is 0.538. The highest BCUT2D eigenvalue weighted by molar-refractivity contribution is 5.96. The molecule has 110 valence electrons. The summed E-state index contributed by atoms with van der Waals surface area (Å²) in [7, 11) is 0. The number of carbonyl (C=O) groups excluding carboxylic acids is 1. The first-order valence-corrected chi connectivity index (χ1v) is 6.48. The predicted octanol–water partition coefficient (Wildman–Crippen LogP) is 0.636. The van der Waals surface area contributed by atoms with Gasteiger partial charge in [0.25, 0.3) is 11.5 Å². The van der Waals surface area contributed by atoms with Gasteiger partial charge in [-0.25, -0.2) is 9.48 Å². The van der Waals surface area contributed by atoms with Crippen molar-refractivity contribution < 1.29 is 14.7 Å². The van der Waals surface area contributed by atoms with Gasteiger partial charge in [-0.3, -0.25) is 9.59 Å². The van der Waals surface area contributed by atoms with Crippen LogP contribution in [0.25, 0.3) is 0 Å². The van der Waals surface area contributed by atoms with Crippen LogP contribution in [0, 0.1) is 0 Å². The number of nitrogens with zero attached hydrogens (tertiary/aromatic N) is 2. The minimum absolute atomic E-state index is 0.0232. The van der Waals surface area contributed by atoms with E-state index in [1.807, 2.05) is 6.92 Å². The molecule has 0 saturated heterocycles. The second-order valence-electron chi connectivity index (χ2n) is 4.71. The van der Waals surface area contributed by atoms with E-state index in [0.29, 0.717) is 19.4 Å².